The van der Waals surface area contributed by atoms with Crippen molar-refractivity contribution in [1.29, 1.82) is 0 Å². The van der Waals surface area contributed by atoms with E-state index in [1.54, 1.807) is 0 Å². The summed E-state index contributed by atoms with van der Waals surface area (Å²) in [6.07, 6.45) is 0. The summed E-state index contributed by atoms with van der Waals surface area (Å²) in [5.41, 5.74) is 9.05. The molecule has 0 aliphatic carbocycles. The SMILES string of the molecule is Cc1ccc(-c2nc(N)c3ccccc3n2)cc1. The smallest absolute Gasteiger partial charge is 0.162 e. The number of benzene rings is 2. The van der Waals surface area contributed by atoms with E-state index in [1.807, 2.05) is 48.5 Å². The molecule has 0 amide bonds. The van der Waals surface area contributed by atoms with E-state index in [0.717, 1.165) is 16.5 Å². The van der Waals surface area contributed by atoms with E-state index in [9.17, 15) is 0 Å². The molecule has 3 rings (SSSR count). The number of rotatable bonds is 1. The summed E-state index contributed by atoms with van der Waals surface area (Å²) < 4.78 is 0. The monoisotopic (exact) mass is 235 g/mol. The topological polar surface area (TPSA) is 51.8 Å². The van der Waals surface area contributed by atoms with E-state index in [0.29, 0.717) is 11.6 Å². The minimum atomic E-state index is 0.524. The summed E-state index contributed by atoms with van der Waals surface area (Å²) in [5, 5.41) is 0.897. The molecule has 0 unspecified atom stereocenters. The molecule has 3 nitrogen and oxygen atoms in total. The molecule has 0 saturated carbocycles. The number of hydrogen-bond acceptors (Lipinski definition) is 3. The molecule has 3 aromatic rings. The summed E-state index contributed by atoms with van der Waals surface area (Å²) in [5.74, 6) is 1.20. The lowest BCUT2D eigenvalue weighted by Crippen LogP contribution is -1.97. The van der Waals surface area contributed by atoms with Crippen molar-refractivity contribution >= 4 is 16.7 Å². The second-order valence-electron chi connectivity index (χ2n) is 4.32. The van der Waals surface area contributed by atoms with Gasteiger partial charge >= 0.3 is 0 Å². The molecule has 18 heavy (non-hydrogen) atoms. The lowest BCUT2D eigenvalue weighted by molar-refractivity contribution is 1.23. The van der Waals surface area contributed by atoms with Crippen LogP contribution >= 0.6 is 0 Å². The number of nitrogens with two attached hydrogens (primary N) is 1. The Kier molecular flexibility index (Phi) is 2.45. The van der Waals surface area contributed by atoms with Gasteiger partial charge in [0.2, 0.25) is 0 Å². The van der Waals surface area contributed by atoms with E-state index in [1.165, 1.54) is 5.56 Å². The van der Waals surface area contributed by atoms with Crippen molar-refractivity contribution in [3.05, 3.63) is 54.1 Å². The van der Waals surface area contributed by atoms with E-state index in [2.05, 4.69) is 16.9 Å². The number of anilines is 1. The highest BCUT2D eigenvalue weighted by Crippen LogP contribution is 2.22. The second kappa shape index (κ2) is 4.11. The third-order valence-corrected chi connectivity index (χ3v) is 2.94. The highest BCUT2D eigenvalue weighted by atomic mass is 14.9. The zero-order valence-electron chi connectivity index (χ0n) is 10.1. The molecule has 0 radical (unpaired) electrons. The number of nitrogen functional groups attached to an aromatic ring is 1. The van der Waals surface area contributed by atoms with Crippen LogP contribution < -0.4 is 5.73 Å². The summed E-state index contributed by atoms with van der Waals surface area (Å²) >= 11 is 0. The summed E-state index contributed by atoms with van der Waals surface area (Å²) in [6.45, 7) is 2.05. The largest absolute Gasteiger partial charge is 0.383 e. The molecule has 2 N–H and O–H groups in total. The van der Waals surface area contributed by atoms with Crippen LogP contribution in [0.5, 0.6) is 0 Å². The minimum Gasteiger partial charge on any atom is -0.383 e. The van der Waals surface area contributed by atoms with E-state index in [4.69, 9.17) is 5.73 Å². The molecule has 0 aliphatic rings. The zero-order valence-corrected chi connectivity index (χ0v) is 10.1. The molecule has 0 bridgehead atoms. The maximum Gasteiger partial charge on any atom is 0.162 e. The highest BCUT2D eigenvalue weighted by Gasteiger charge is 2.06. The number of fused-ring (bicyclic) bond motifs is 1. The fourth-order valence-electron chi connectivity index (χ4n) is 1.93. The molecule has 3 heteroatoms. The van der Waals surface area contributed by atoms with Gasteiger partial charge in [-0.05, 0) is 19.1 Å². The van der Waals surface area contributed by atoms with Crippen molar-refractivity contribution in [3.63, 3.8) is 0 Å². The van der Waals surface area contributed by atoms with Crippen molar-refractivity contribution < 1.29 is 0 Å². The Morgan fingerprint density at radius 3 is 2.39 bits per heavy atom. The zero-order chi connectivity index (χ0) is 12.5. The van der Waals surface area contributed by atoms with Crippen molar-refractivity contribution in [2.75, 3.05) is 5.73 Å². The summed E-state index contributed by atoms with van der Waals surface area (Å²) in [6, 6.07) is 15.9. The van der Waals surface area contributed by atoms with Crippen LogP contribution in [0.4, 0.5) is 5.82 Å². The van der Waals surface area contributed by atoms with Gasteiger partial charge in [0.15, 0.2) is 5.82 Å². The number of nitrogens with zero attached hydrogens (tertiary/aromatic N) is 2. The van der Waals surface area contributed by atoms with Crippen LogP contribution in [-0.2, 0) is 0 Å². The summed E-state index contributed by atoms with van der Waals surface area (Å²) in [7, 11) is 0. The fourth-order valence-corrected chi connectivity index (χ4v) is 1.93. The van der Waals surface area contributed by atoms with Gasteiger partial charge in [-0.25, -0.2) is 9.97 Å². The van der Waals surface area contributed by atoms with Gasteiger partial charge in [0.1, 0.15) is 5.82 Å². The fraction of sp³-hybridized carbons (Fsp3) is 0.0667. The number of aromatic nitrogens is 2. The third kappa shape index (κ3) is 1.80. The third-order valence-electron chi connectivity index (χ3n) is 2.94. The van der Waals surface area contributed by atoms with Gasteiger partial charge in [0.05, 0.1) is 5.52 Å². The summed E-state index contributed by atoms with van der Waals surface area (Å²) in [4.78, 5) is 8.91. The molecular formula is C15H13N3. The minimum absolute atomic E-state index is 0.524. The van der Waals surface area contributed by atoms with Gasteiger partial charge in [0, 0.05) is 10.9 Å². The van der Waals surface area contributed by atoms with Gasteiger partial charge < -0.3 is 5.73 Å². The molecule has 0 aliphatic heterocycles. The molecule has 88 valence electrons. The Bertz CT molecular complexity index is 703. The Labute approximate surface area is 105 Å². The van der Waals surface area contributed by atoms with Crippen LogP contribution in [0.25, 0.3) is 22.3 Å². The highest BCUT2D eigenvalue weighted by molar-refractivity contribution is 5.89. The van der Waals surface area contributed by atoms with Crippen molar-refractivity contribution in [1.82, 2.24) is 9.97 Å². The van der Waals surface area contributed by atoms with Gasteiger partial charge in [-0.2, -0.15) is 0 Å². The van der Waals surface area contributed by atoms with Crippen molar-refractivity contribution in [2.45, 2.75) is 6.92 Å². The van der Waals surface area contributed by atoms with Crippen LogP contribution in [0.3, 0.4) is 0 Å². The van der Waals surface area contributed by atoms with E-state index >= 15 is 0 Å². The average molecular weight is 235 g/mol. The molecule has 1 aromatic heterocycles. The van der Waals surface area contributed by atoms with Crippen LogP contribution in [-0.4, -0.2) is 9.97 Å². The Hall–Kier alpha value is -2.42. The first-order chi connectivity index (χ1) is 8.74. The predicted molar refractivity (Wildman–Crippen MR) is 74.1 cm³/mol. The Morgan fingerprint density at radius 2 is 1.61 bits per heavy atom. The molecule has 2 aromatic carbocycles. The molecule has 0 spiro atoms. The van der Waals surface area contributed by atoms with Crippen molar-refractivity contribution in [3.8, 4) is 11.4 Å². The predicted octanol–water partition coefficient (Wildman–Crippen LogP) is 3.19. The molecule has 0 fully saturated rings. The molecular weight excluding hydrogens is 222 g/mol. The number of para-hydroxylation sites is 1. The first-order valence-electron chi connectivity index (χ1n) is 5.83. The lowest BCUT2D eigenvalue weighted by Gasteiger charge is -2.05. The Balaban J connectivity index is 2.21. The van der Waals surface area contributed by atoms with Crippen LogP contribution in [0, 0.1) is 6.92 Å². The average Bonchev–Trinajstić information content (AvgIpc) is 2.39. The standard InChI is InChI=1S/C15H13N3/c1-10-6-8-11(9-7-10)15-17-13-5-3-2-4-12(13)14(16)18-15/h2-9H,1H3,(H2,16,17,18). The quantitative estimate of drug-likeness (QED) is 0.704. The lowest BCUT2D eigenvalue weighted by atomic mass is 10.1. The number of aryl methyl sites for hydroxylation is 1. The van der Waals surface area contributed by atoms with E-state index < -0.39 is 0 Å². The number of hydrogen-bond donors (Lipinski definition) is 1. The maximum absolute atomic E-state index is 5.97. The molecule has 1 heterocycles. The van der Waals surface area contributed by atoms with Gasteiger partial charge in [-0.1, -0.05) is 42.0 Å². The Morgan fingerprint density at radius 1 is 0.889 bits per heavy atom. The van der Waals surface area contributed by atoms with Gasteiger partial charge in [-0.15, -0.1) is 0 Å². The van der Waals surface area contributed by atoms with Crippen LogP contribution in [0.15, 0.2) is 48.5 Å². The van der Waals surface area contributed by atoms with Gasteiger partial charge in [-0.3, -0.25) is 0 Å². The van der Waals surface area contributed by atoms with Crippen LogP contribution in [0.1, 0.15) is 5.56 Å². The van der Waals surface area contributed by atoms with Gasteiger partial charge in [0.25, 0.3) is 0 Å². The second-order valence-corrected chi connectivity index (χ2v) is 4.32. The molecule has 0 atom stereocenters. The first-order valence-corrected chi connectivity index (χ1v) is 5.83. The normalized spacial score (nSPS) is 10.7. The van der Waals surface area contributed by atoms with Crippen molar-refractivity contribution in [2.24, 2.45) is 0 Å². The first kappa shape index (κ1) is 10.7. The van der Waals surface area contributed by atoms with E-state index in [-0.39, 0.29) is 0 Å². The molecule has 0 saturated heterocycles. The maximum atomic E-state index is 5.97. The van der Waals surface area contributed by atoms with Crippen LogP contribution in [0.2, 0.25) is 0 Å².